The zero-order valence-electron chi connectivity index (χ0n) is 10.8. The summed E-state index contributed by atoms with van der Waals surface area (Å²) in [4.78, 5) is 4.36. The number of benzene rings is 2. The first-order valence-corrected chi connectivity index (χ1v) is 7.42. The van der Waals surface area contributed by atoms with Crippen molar-refractivity contribution in [2.24, 2.45) is 5.73 Å². The lowest BCUT2D eigenvalue weighted by atomic mass is 10.1. The fourth-order valence-corrected chi connectivity index (χ4v) is 2.41. The van der Waals surface area contributed by atoms with E-state index < -0.39 is 6.04 Å². The van der Waals surface area contributed by atoms with Crippen LogP contribution in [0.5, 0.6) is 0 Å². The Balaban J connectivity index is 1.91. The van der Waals surface area contributed by atoms with Gasteiger partial charge in [-0.2, -0.15) is 4.98 Å². The molecule has 1 aromatic heterocycles. The third-order valence-electron chi connectivity index (χ3n) is 3.04. The molecule has 106 valence electrons. The van der Waals surface area contributed by atoms with Gasteiger partial charge in [0.1, 0.15) is 6.04 Å². The molecular formula is C15H11BrClN3O. The van der Waals surface area contributed by atoms with Crippen LogP contribution in [-0.2, 0) is 0 Å². The van der Waals surface area contributed by atoms with Crippen molar-refractivity contribution in [3.63, 3.8) is 0 Å². The van der Waals surface area contributed by atoms with Crippen molar-refractivity contribution in [2.75, 3.05) is 0 Å². The molecule has 1 atom stereocenters. The third kappa shape index (κ3) is 3.00. The first-order chi connectivity index (χ1) is 10.1. The Labute approximate surface area is 135 Å². The highest BCUT2D eigenvalue weighted by Crippen LogP contribution is 2.28. The standard InChI is InChI=1S/C15H11BrClN3O/c16-11-8-10(6-7-12(11)17)14-19-15(21-20-14)13(18)9-4-2-1-3-5-9/h1-8,13H,18H2/t13-/m0/s1. The van der Waals surface area contributed by atoms with Crippen molar-refractivity contribution in [1.29, 1.82) is 0 Å². The van der Waals surface area contributed by atoms with Gasteiger partial charge in [-0.25, -0.2) is 0 Å². The van der Waals surface area contributed by atoms with E-state index in [9.17, 15) is 0 Å². The van der Waals surface area contributed by atoms with Crippen molar-refractivity contribution in [2.45, 2.75) is 6.04 Å². The van der Waals surface area contributed by atoms with Gasteiger partial charge in [0.2, 0.25) is 11.7 Å². The van der Waals surface area contributed by atoms with E-state index in [4.69, 9.17) is 21.9 Å². The highest BCUT2D eigenvalue weighted by molar-refractivity contribution is 9.10. The number of rotatable bonds is 3. The highest BCUT2D eigenvalue weighted by atomic mass is 79.9. The molecule has 0 saturated carbocycles. The predicted molar refractivity (Wildman–Crippen MR) is 84.9 cm³/mol. The second-order valence-corrected chi connectivity index (χ2v) is 5.74. The SMILES string of the molecule is N[C@@H](c1ccccc1)c1nc(-c2ccc(Cl)c(Br)c2)no1. The normalized spacial score (nSPS) is 12.3. The predicted octanol–water partition coefficient (Wildman–Crippen LogP) is 4.20. The zero-order valence-corrected chi connectivity index (χ0v) is 13.2. The van der Waals surface area contributed by atoms with Crippen LogP contribution in [0.4, 0.5) is 0 Å². The Kier molecular flexibility index (Phi) is 4.05. The van der Waals surface area contributed by atoms with E-state index in [1.54, 1.807) is 6.07 Å². The zero-order chi connectivity index (χ0) is 14.8. The van der Waals surface area contributed by atoms with Crippen molar-refractivity contribution < 1.29 is 4.52 Å². The van der Waals surface area contributed by atoms with Crippen molar-refractivity contribution in [1.82, 2.24) is 10.1 Å². The number of aromatic nitrogens is 2. The van der Waals surface area contributed by atoms with Crippen LogP contribution < -0.4 is 5.73 Å². The van der Waals surface area contributed by atoms with Gasteiger partial charge in [0.15, 0.2) is 0 Å². The minimum Gasteiger partial charge on any atom is -0.337 e. The largest absolute Gasteiger partial charge is 0.337 e. The summed E-state index contributed by atoms with van der Waals surface area (Å²) >= 11 is 9.35. The van der Waals surface area contributed by atoms with Crippen molar-refractivity contribution in [3.05, 3.63) is 69.5 Å². The van der Waals surface area contributed by atoms with Crippen LogP contribution in [0, 0.1) is 0 Å². The molecule has 0 fully saturated rings. The lowest BCUT2D eigenvalue weighted by Gasteiger charge is -2.05. The van der Waals surface area contributed by atoms with Gasteiger partial charge < -0.3 is 10.3 Å². The minimum atomic E-state index is -0.441. The molecule has 0 aliphatic rings. The summed E-state index contributed by atoms with van der Waals surface area (Å²) in [5.41, 5.74) is 7.86. The summed E-state index contributed by atoms with van der Waals surface area (Å²) in [6.45, 7) is 0. The van der Waals surface area contributed by atoms with Crippen LogP contribution in [0.25, 0.3) is 11.4 Å². The molecule has 0 amide bonds. The second kappa shape index (κ2) is 5.97. The minimum absolute atomic E-state index is 0.377. The maximum atomic E-state index is 6.14. The second-order valence-electron chi connectivity index (χ2n) is 4.47. The van der Waals surface area contributed by atoms with E-state index in [1.807, 2.05) is 42.5 Å². The van der Waals surface area contributed by atoms with Gasteiger partial charge in [-0.1, -0.05) is 47.1 Å². The molecule has 0 aliphatic carbocycles. The van der Waals surface area contributed by atoms with E-state index in [2.05, 4.69) is 26.1 Å². The van der Waals surface area contributed by atoms with Gasteiger partial charge in [0, 0.05) is 10.0 Å². The molecule has 0 saturated heterocycles. The molecule has 2 N–H and O–H groups in total. The summed E-state index contributed by atoms with van der Waals surface area (Å²) in [6, 6.07) is 14.6. The summed E-state index contributed by atoms with van der Waals surface area (Å²) in [5.74, 6) is 0.857. The highest BCUT2D eigenvalue weighted by Gasteiger charge is 2.17. The van der Waals surface area contributed by atoms with Gasteiger partial charge >= 0.3 is 0 Å². The molecule has 0 spiro atoms. The fraction of sp³-hybridized carbons (Fsp3) is 0.0667. The molecule has 0 unspecified atom stereocenters. The quantitative estimate of drug-likeness (QED) is 0.756. The molecule has 4 nitrogen and oxygen atoms in total. The van der Waals surface area contributed by atoms with Crippen LogP contribution in [0.15, 0.2) is 57.5 Å². The van der Waals surface area contributed by atoms with E-state index in [1.165, 1.54) is 0 Å². The van der Waals surface area contributed by atoms with Gasteiger partial charge in [0.05, 0.1) is 5.02 Å². The van der Waals surface area contributed by atoms with Crippen LogP contribution in [0.3, 0.4) is 0 Å². The van der Waals surface area contributed by atoms with E-state index in [0.717, 1.165) is 15.6 Å². The molecule has 3 rings (SSSR count). The molecule has 1 heterocycles. The molecular weight excluding hydrogens is 354 g/mol. The number of nitrogens with two attached hydrogens (primary N) is 1. The summed E-state index contributed by atoms with van der Waals surface area (Å²) in [7, 11) is 0. The molecule has 0 bridgehead atoms. The van der Waals surface area contributed by atoms with Crippen LogP contribution in [0.1, 0.15) is 17.5 Å². The Morgan fingerprint density at radius 3 is 2.62 bits per heavy atom. The lowest BCUT2D eigenvalue weighted by Crippen LogP contribution is -2.11. The summed E-state index contributed by atoms with van der Waals surface area (Å²) in [5, 5.41) is 4.60. The average molecular weight is 365 g/mol. The summed E-state index contributed by atoms with van der Waals surface area (Å²) < 4.78 is 6.05. The number of hydrogen-bond acceptors (Lipinski definition) is 4. The maximum absolute atomic E-state index is 6.14. The van der Waals surface area contributed by atoms with E-state index in [0.29, 0.717) is 16.7 Å². The summed E-state index contributed by atoms with van der Waals surface area (Å²) in [6.07, 6.45) is 0. The van der Waals surface area contributed by atoms with Crippen LogP contribution in [0.2, 0.25) is 5.02 Å². The third-order valence-corrected chi connectivity index (χ3v) is 4.26. The number of nitrogens with zero attached hydrogens (tertiary/aromatic N) is 2. The van der Waals surface area contributed by atoms with Crippen molar-refractivity contribution in [3.8, 4) is 11.4 Å². The molecule has 21 heavy (non-hydrogen) atoms. The molecule has 0 aliphatic heterocycles. The van der Waals surface area contributed by atoms with Crippen LogP contribution >= 0.6 is 27.5 Å². The van der Waals surface area contributed by atoms with E-state index >= 15 is 0 Å². The van der Waals surface area contributed by atoms with Gasteiger partial charge in [-0.05, 0) is 39.7 Å². The number of halogens is 2. The first-order valence-electron chi connectivity index (χ1n) is 6.24. The smallest absolute Gasteiger partial charge is 0.248 e. The Morgan fingerprint density at radius 1 is 1.14 bits per heavy atom. The fourth-order valence-electron chi connectivity index (χ4n) is 1.92. The lowest BCUT2D eigenvalue weighted by molar-refractivity contribution is 0.367. The molecule has 2 aromatic carbocycles. The van der Waals surface area contributed by atoms with Gasteiger partial charge in [-0.3, -0.25) is 0 Å². The molecule has 0 radical (unpaired) electrons. The van der Waals surface area contributed by atoms with Gasteiger partial charge in [0.25, 0.3) is 0 Å². The Morgan fingerprint density at radius 2 is 1.90 bits per heavy atom. The Bertz CT molecular complexity index is 761. The van der Waals surface area contributed by atoms with Crippen molar-refractivity contribution >= 4 is 27.5 Å². The Hall–Kier alpha value is -1.69. The molecule has 3 aromatic rings. The average Bonchev–Trinajstić information content (AvgIpc) is 3.00. The molecule has 6 heteroatoms. The number of hydrogen-bond donors (Lipinski definition) is 1. The van der Waals surface area contributed by atoms with E-state index in [-0.39, 0.29) is 0 Å². The van der Waals surface area contributed by atoms with Crippen LogP contribution in [-0.4, -0.2) is 10.1 Å². The maximum Gasteiger partial charge on any atom is 0.248 e. The van der Waals surface area contributed by atoms with Gasteiger partial charge in [-0.15, -0.1) is 0 Å². The topological polar surface area (TPSA) is 64.9 Å². The monoisotopic (exact) mass is 363 g/mol. The first kappa shape index (κ1) is 14.3.